The van der Waals surface area contributed by atoms with E-state index in [1.165, 1.54) is 11.6 Å². The molecule has 0 aliphatic carbocycles. The first kappa shape index (κ1) is 18.4. The normalized spacial score (nSPS) is 11.8. The topological polar surface area (TPSA) is 39.7 Å². The van der Waals surface area contributed by atoms with Gasteiger partial charge < -0.3 is 15.5 Å². The van der Waals surface area contributed by atoms with Crippen molar-refractivity contribution in [3.05, 3.63) is 57.5 Å². The molecule has 0 bridgehead atoms. The van der Waals surface area contributed by atoms with Crippen molar-refractivity contribution in [1.29, 1.82) is 0 Å². The minimum absolute atomic E-state index is 0.162. The van der Waals surface area contributed by atoms with E-state index in [9.17, 15) is 4.39 Å². The summed E-state index contributed by atoms with van der Waals surface area (Å²) in [7, 11) is 3.87. The number of nitrogens with one attached hydrogen (secondary N) is 2. The molecule has 130 valence electrons. The first-order valence-corrected chi connectivity index (χ1v) is 8.98. The molecule has 6 heteroatoms. The number of nitrogens with zero attached hydrogens (tertiary/aromatic N) is 2. The molecule has 0 amide bonds. The van der Waals surface area contributed by atoms with Crippen LogP contribution >= 0.6 is 11.3 Å². The smallest absolute Gasteiger partial charge is 0.191 e. The third-order valence-corrected chi connectivity index (χ3v) is 4.13. The van der Waals surface area contributed by atoms with Crippen LogP contribution < -0.4 is 10.6 Å². The van der Waals surface area contributed by atoms with Gasteiger partial charge in [0.05, 0.1) is 6.54 Å². The van der Waals surface area contributed by atoms with Crippen molar-refractivity contribution < 1.29 is 4.39 Å². The second kappa shape index (κ2) is 9.39. The predicted molar refractivity (Wildman–Crippen MR) is 99.8 cm³/mol. The SMILES string of the molecule is CCNC(=NCc1ccsc1)NCc1ccc(F)c(CN(C)C)c1. The largest absolute Gasteiger partial charge is 0.357 e. The minimum atomic E-state index is -0.162. The maximum absolute atomic E-state index is 13.8. The maximum atomic E-state index is 13.8. The molecule has 2 aromatic rings. The van der Waals surface area contributed by atoms with E-state index >= 15 is 0 Å². The molecule has 0 aliphatic heterocycles. The molecule has 2 N–H and O–H groups in total. The van der Waals surface area contributed by atoms with Crippen LogP contribution in [0.2, 0.25) is 0 Å². The summed E-state index contributed by atoms with van der Waals surface area (Å²) in [6, 6.07) is 7.32. The number of guanidine groups is 1. The summed E-state index contributed by atoms with van der Waals surface area (Å²) in [6.45, 7) is 4.68. The molecule has 0 saturated carbocycles. The van der Waals surface area contributed by atoms with E-state index in [0.29, 0.717) is 25.2 Å². The zero-order valence-corrected chi connectivity index (χ0v) is 15.3. The van der Waals surface area contributed by atoms with Crippen molar-refractivity contribution >= 4 is 17.3 Å². The van der Waals surface area contributed by atoms with Crippen LogP contribution in [0.3, 0.4) is 0 Å². The summed E-state index contributed by atoms with van der Waals surface area (Å²) in [5, 5.41) is 10.7. The zero-order valence-electron chi connectivity index (χ0n) is 14.5. The Morgan fingerprint density at radius 2 is 2.04 bits per heavy atom. The van der Waals surface area contributed by atoms with Gasteiger partial charge in [0.2, 0.25) is 0 Å². The average Bonchev–Trinajstić information content (AvgIpc) is 3.06. The standard InChI is InChI=1S/C18H25FN4S/c1-4-20-18(22-11-15-7-8-24-13-15)21-10-14-5-6-17(19)16(9-14)12-23(2)3/h5-9,13H,4,10-12H2,1-3H3,(H2,20,21,22). The van der Waals surface area contributed by atoms with Gasteiger partial charge in [0, 0.05) is 25.2 Å². The Labute approximate surface area is 147 Å². The van der Waals surface area contributed by atoms with Gasteiger partial charge in [0.1, 0.15) is 5.82 Å². The fourth-order valence-electron chi connectivity index (χ4n) is 2.28. The van der Waals surface area contributed by atoms with Crippen LogP contribution in [0.4, 0.5) is 4.39 Å². The molecule has 1 aromatic heterocycles. The minimum Gasteiger partial charge on any atom is -0.357 e. The van der Waals surface area contributed by atoms with Crippen molar-refractivity contribution in [2.24, 2.45) is 4.99 Å². The van der Waals surface area contributed by atoms with Crippen molar-refractivity contribution in [1.82, 2.24) is 15.5 Å². The summed E-state index contributed by atoms with van der Waals surface area (Å²) in [6.07, 6.45) is 0. The van der Waals surface area contributed by atoms with Gasteiger partial charge in [0.25, 0.3) is 0 Å². The van der Waals surface area contributed by atoms with Crippen molar-refractivity contribution in [3.63, 3.8) is 0 Å². The second-order valence-corrected chi connectivity index (χ2v) is 6.62. The lowest BCUT2D eigenvalue weighted by Crippen LogP contribution is -2.36. The molecule has 2 rings (SSSR count). The van der Waals surface area contributed by atoms with E-state index in [4.69, 9.17) is 0 Å². The van der Waals surface area contributed by atoms with Gasteiger partial charge in [-0.1, -0.05) is 6.07 Å². The third-order valence-electron chi connectivity index (χ3n) is 3.40. The van der Waals surface area contributed by atoms with Crippen LogP contribution in [0.25, 0.3) is 0 Å². The summed E-state index contributed by atoms with van der Waals surface area (Å²) >= 11 is 1.67. The quantitative estimate of drug-likeness (QED) is 0.596. The number of benzene rings is 1. The lowest BCUT2D eigenvalue weighted by atomic mass is 10.1. The Balaban J connectivity index is 1.99. The third kappa shape index (κ3) is 5.94. The molecule has 4 nitrogen and oxygen atoms in total. The number of hydrogen-bond donors (Lipinski definition) is 2. The van der Waals surface area contributed by atoms with E-state index in [2.05, 4.69) is 32.5 Å². The van der Waals surface area contributed by atoms with Gasteiger partial charge in [0.15, 0.2) is 5.96 Å². The van der Waals surface area contributed by atoms with Crippen LogP contribution in [0, 0.1) is 5.82 Å². The fraction of sp³-hybridized carbons (Fsp3) is 0.389. The molecular formula is C18H25FN4S. The maximum Gasteiger partial charge on any atom is 0.191 e. The van der Waals surface area contributed by atoms with Crippen LogP contribution in [0.5, 0.6) is 0 Å². The van der Waals surface area contributed by atoms with Crippen LogP contribution in [0.15, 0.2) is 40.0 Å². The van der Waals surface area contributed by atoms with Gasteiger partial charge in [-0.2, -0.15) is 11.3 Å². The van der Waals surface area contributed by atoms with Gasteiger partial charge in [-0.05, 0) is 61.1 Å². The summed E-state index contributed by atoms with van der Waals surface area (Å²) < 4.78 is 13.8. The molecule has 0 fully saturated rings. The highest BCUT2D eigenvalue weighted by molar-refractivity contribution is 7.07. The summed E-state index contributed by atoms with van der Waals surface area (Å²) in [4.78, 5) is 6.54. The zero-order chi connectivity index (χ0) is 17.4. The lowest BCUT2D eigenvalue weighted by Gasteiger charge is -2.14. The van der Waals surface area contributed by atoms with Crippen molar-refractivity contribution in [2.45, 2.75) is 26.6 Å². The number of aliphatic imine (C=N–C) groups is 1. The first-order chi connectivity index (χ1) is 11.6. The van der Waals surface area contributed by atoms with E-state index in [1.54, 1.807) is 11.3 Å². The highest BCUT2D eigenvalue weighted by atomic mass is 32.1. The Bertz CT molecular complexity index is 653. The predicted octanol–water partition coefficient (Wildman–Crippen LogP) is 3.20. The van der Waals surface area contributed by atoms with E-state index < -0.39 is 0 Å². The van der Waals surface area contributed by atoms with Gasteiger partial charge in [-0.25, -0.2) is 9.38 Å². The van der Waals surface area contributed by atoms with Gasteiger partial charge in [-0.3, -0.25) is 0 Å². The van der Waals surface area contributed by atoms with Gasteiger partial charge in [-0.15, -0.1) is 0 Å². The first-order valence-electron chi connectivity index (χ1n) is 8.03. The number of hydrogen-bond acceptors (Lipinski definition) is 3. The molecular weight excluding hydrogens is 323 g/mol. The molecule has 1 aromatic carbocycles. The Morgan fingerprint density at radius 3 is 2.71 bits per heavy atom. The number of rotatable bonds is 7. The number of halogens is 1. The Morgan fingerprint density at radius 1 is 1.21 bits per heavy atom. The van der Waals surface area contributed by atoms with E-state index in [0.717, 1.165) is 18.1 Å². The molecule has 0 spiro atoms. The fourth-order valence-corrected chi connectivity index (χ4v) is 2.94. The molecule has 0 aliphatic rings. The van der Waals surface area contributed by atoms with Crippen LogP contribution in [0.1, 0.15) is 23.6 Å². The molecule has 0 unspecified atom stereocenters. The Kier molecular flexibility index (Phi) is 7.21. The monoisotopic (exact) mass is 348 g/mol. The molecule has 0 atom stereocenters. The van der Waals surface area contributed by atoms with Crippen molar-refractivity contribution in [3.8, 4) is 0 Å². The van der Waals surface area contributed by atoms with E-state index in [1.807, 2.05) is 38.1 Å². The van der Waals surface area contributed by atoms with Crippen LogP contribution in [-0.4, -0.2) is 31.5 Å². The Hall–Kier alpha value is -1.92. The van der Waals surface area contributed by atoms with Gasteiger partial charge >= 0.3 is 0 Å². The number of thiophene rings is 1. The average molecular weight is 348 g/mol. The van der Waals surface area contributed by atoms with Crippen LogP contribution in [-0.2, 0) is 19.6 Å². The molecule has 0 saturated heterocycles. The highest BCUT2D eigenvalue weighted by Crippen LogP contribution is 2.12. The lowest BCUT2D eigenvalue weighted by molar-refractivity contribution is 0.392. The second-order valence-electron chi connectivity index (χ2n) is 5.84. The molecule has 0 radical (unpaired) electrons. The van der Waals surface area contributed by atoms with E-state index in [-0.39, 0.29) is 5.82 Å². The molecule has 24 heavy (non-hydrogen) atoms. The highest BCUT2D eigenvalue weighted by Gasteiger charge is 2.06. The van der Waals surface area contributed by atoms with Crippen molar-refractivity contribution in [2.75, 3.05) is 20.6 Å². The summed E-state index contributed by atoms with van der Waals surface area (Å²) in [5.74, 6) is 0.604. The summed E-state index contributed by atoms with van der Waals surface area (Å²) in [5.41, 5.74) is 2.95. The molecule has 1 heterocycles.